The highest BCUT2D eigenvalue weighted by atomic mass is 16.3. The number of benzene rings is 1. The van der Waals surface area contributed by atoms with Crippen LogP contribution in [0.4, 0.5) is 0 Å². The Kier molecular flexibility index (Phi) is 7.49. The molecule has 0 amide bonds. The van der Waals surface area contributed by atoms with Gasteiger partial charge in [0.15, 0.2) is 28.7 Å². The fraction of sp³-hybridized carbons (Fsp3) is 0.686. The van der Waals surface area contributed by atoms with E-state index in [9.17, 15) is 39.3 Å². The van der Waals surface area contributed by atoms with Gasteiger partial charge in [0, 0.05) is 16.7 Å². The van der Waals surface area contributed by atoms with Crippen LogP contribution in [0.15, 0.2) is 12.1 Å². The number of rotatable bonds is 4. The standard InChI is InChI=1S/C35H46O8/c1-15(2)25-28(38)23(19(6)36)30(40)35(43)31(41)26-29(39)24-22(18(5)33(26,7)32(42)34(25,35)8)14-13-21(27(24)37)17(4)20-11-9-16(3)10-12-20/h13-18,20,23,25-26,32,37,42-43H,9-12H2,1-8H3/t16?,17?,18-,20?,23?,25?,26?,32-,33+,34+,35+/m1/s1. The molecule has 234 valence electrons. The summed E-state index contributed by atoms with van der Waals surface area (Å²) < 4.78 is 0. The maximum atomic E-state index is 14.6. The summed E-state index contributed by atoms with van der Waals surface area (Å²) in [6.07, 6.45) is 2.55. The number of ketones is 5. The number of phenolic OH excluding ortho intramolecular Hbond substituents is 1. The van der Waals surface area contributed by atoms with Crippen LogP contribution in [-0.4, -0.2) is 55.9 Å². The van der Waals surface area contributed by atoms with Crippen molar-refractivity contribution < 1.29 is 39.3 Å². The van der Waals surface area contributed by atoms with Crippen LogP contribution in [0.25, 0.3) is 0 Å². The van der Waals surface area contributed by atoms with Gasteiger partial charge in [-0.25, -0.2) is 0 Å². The van der Waals surface area contributed by atoms with Gasteiger partial charge in [-0.15, -0.1) is 0 Å². The third-order valence-corrected chi connectivity index (χ3v) is 12.5. The molecule has 3 fully saturated rings. The minimum Gasteiger partial charge on any atom is -0.507 e. The van der Waals surface area contributed by atoms with Gasteiger partial charge in [0.25, 0.3) is 0 Å². The molecule has 1 aromatic rings. The van der Waals surface area contributed by atoms with E-state index in [-0.39, 0.29) is 17.2 Å². The number of carbonyl (C=O) groups is 5. The summed E-state index contributed by atoms with van der Waals surface area (Å²) in [6, 6.07) is 3.63. The topological polar surface area (TPSA) is 146 Å². The zero-order chi connectivity index (χ0) is 32.1. The normalized spacial score (nSPS) is 41.9. The maximum absolute atomic E-state index is 14.6. The Balaban J connectivity index is 1.69. The van der Waals surface area contributed by atoms with Crippen LogP contribution in [0.1, 0.15) is 114 Å². The van der Waals surface area contributed by atoms with Crippen molar-refractivity contribution in [3.05, 3.63) is 28.8 Å². The Morgan fingerprint density at radius 3 is 2.07 bits per heavy atom. The van der Waals surface area contributed by atoms with E-state index in [0.29, 0.717) is 23.0 Å². The molecule has 0 saturated heterocycles. The van der Waals surface area contributed by atoms with E-state index in [2.05, 4.69) is 6.92 Å². The van der Waals surface area contributed by atoms with Crippen molar-refractivity contribution in [1.82, 2.24) is 0 Å². The lowest BCUT2D eigenvalue weighted by molar-refractivity contribution is -0.240. The first-order chi connectivity index (χ1) is 19.9. The number of aromatic hydroxyl groups is 1. The van der Waals surface area contributed by atoms with Gasteiger partial charge in [-0.2, -0.15) is 0 Å². The van der Waals surface area contributed by atoms with Crippen molar-refractivity contribution in [2.45, 2.75) is 105 Å². The molecule has 0 aliphatic heterocycles. The lowest BCUT2D eigenvalue weighted by atomic mass is 9.37. The SMILES string of the molecule is CC(=O)C1C(=O)C(C(C)C)[C@@]2(C)[C@H](O)[C@]3(C)C(C(=O)c4c(ccc(C(C)C5CCC(C)CC5)c4O)[C@H]3C)C(=O)[C@@]2(O)C1=O. The first kappa shape index (κ1) is 31.7. The average molecular weight is 595 g/mol. The second kappa shape index (κ2) is 10.2. The second-order valence-corrected chi connectivity index (χ2v) is 15.0. The third kappa shape index (κ3) is 3.84. The lowest BCUT2D eigenvalue weighted by Gasteiger charge is -2.65. The summed E-state index contributed by atoms with van der Waals surface area (Å²) in [5.74, 6) is -9.89. The molecule has 4 unspecified atom stereocenters. The van der Waals surface area contributed by atoms with Crippen molar-refractivity contribution in [2.24, 2.45) is 46.3 Å². The van der Waals surface area contributed by atoms with E-state index >= 15 is 0 Å². The van der Waals surface area contributed by atoms with E-state index in [4.69, 9.17) is 0 Å². The molecule has 5 rings (SSSR count). The minimum absolute atomic E-state index is 0.0147. The zero-order valence-corrected chi connectivity index (χ0v) is 26.6. The van der Waals surface area contributed by atoms with E-state index < -0.39 is 81.0 Å². The molecule has 0 bridgehead atoms. The number of hydrogen-bond acceptors (Lipinski definition) is 8. The Morgan fingerprint density at radius 2 is 1.53 bits per heavy atom. The highest BCUT2D eigenvalue weighted by molar-refractivity contribution is 6.33. The van der Waals surface area contributed by atoms with E-state index in [1.165, 1.54) is 6.92 Å². The highest BCUT2D eigenvalue weighted by Crippen LogP contribution is 2.66. The van der Waals surface area contributed by atoms with Crippen LogP contribution in [0.2, 0.25) is 0 Å². The molecule has 3 N–H and O–H groups in total. The predicted octanol–water partition coefficient (Wildman–Crippen LogP) is 4.55. The first-order valence-electron chi connectivity index (χ1n) is 15.8. The summed E-state index contributed by atoms with van der Waals surface area (Å²) in [4.78, 5) is 69.2. The maximum Gasteiger partial charge on any atom is 0.191 e. The molecule has 0 radical (unpaired) electrons. The summed E-state index contributed by atoms with van der Waals surface area (Å²) >= 11 is 0. The van der Waals surface area contributed by atoms with Crippen LogP contribution in [-0.2, 0) is 19.2 Å². The van der Waals surface area contributed by atoms with Gasteiger partial charge in [0.2, 0.25) is 0 Å². The van der Waals surface area contributed by atoms with Crippen molar-refractivity contribution in [1.29, 1.82) is 0 Å². The number of fused-ring (bicyclic) bond motifs is 3. The fourth-order valence-corrected chi connectivity index (χ4v) is 9.78. The average Bonchev–Trinajstić information content (AvgIpc) is 2.93. The first-order valence-corrected chi connectivity index (χ1v) is 15.8. The Bertz CT molecular complexity index is 1420. The van der Waals surface area contributed by atoms with Gasteiger partial charge in [-0.1, -0.05) is 73.4 Å². The molecule has 1 aromatic carbocycles. The van der Waals surface area contributed by atoms with Crippen LogP contribution in [0.5, 0.6) is 5.75 Å². The monoisotopic (exact) mass is 594 g/mol. The highest BCUT2D eigenvalue weighted by Gasteiger charge is 2.80. The number of Topliss-reactive ketones (excluding diaryl/α,β-unsaturated/α-hetero) is 5. The minimum atomic E-state index is -2.96. The van der Waals surface area contributed by atoms with Gasteiger partial charge in [-0.3, -0.25) is 24.0 Å². The van der Waals surface area contributed by atoms with E-state index in [0.717, 1.165) is 32.6 Å². The Labute approximate surface area is 253 Å². The number of aliphatic hydroxyl groups excluding tert-OH is 1. The van der Waals surface area contributed by atoms with Gasteiger partial charge in [0.1, 0.15) is 17.5 Å². The number of aliphatic hydroxyl groups is 2. The smallest absolute Gasteiger partial charge is 0.191 e. The molecule has 43 heavy (non-hydrogen) atoms. The molecular formula is C35H46O8. The molecule has 8 nitrogen and oxygen atoms in total. The van der Waals surface area contributed by atoms with Crippen molar-refractivity contribution in [3.63, 3.8) is 0 Å². The fourth-order valence-electron chi connectivity index (χ4n) is 9.78. The van der Waals surface area contributed by atoms with Crippen LogP contribution in [0, 0.1) is 46.3 Å². The van der Waals surface area contributed by atoms with Gasteiger partial charge >= 0.3 is 0 Å². The quantitative estimate of drug-likeness (QED) is 0.430. The largest absolute Gasteiger partial charge is 0.507 e. The summed E-state index contributed by atoms with van der Waals surface area (Å²) in [6.45, 7) is 13.4. The molecule has 0 spiro atoms. The summed E-state index contributed by atoms with van der Waals surface area (Å²) in [5, 5.41) is 36.2. The van der Waals surface area contributed by atoms with Crippen molar-refractivity contribution in [2.75, 3.05) is 0 Å². The van der Waals surface area contributed by atoms with Gasteiger partial charge < -0.3 is 15.3 Å². The molecule has 0 aromatic heterocycles. The molecular weight excluding hydrogens is 548 g/mol. The number of phenols is 1. The summed E-state index contributed by atoms with van der Waals surface area (Å²) in [7, 11) is 0. The van der Waals surface area contributed by atoms with Crippen LogP contribution < -0.4 is 0 Å². The third-order valence-electron chi connectivity index (χ3n) is 12.5. The Hall–Kier alpha value is -2.71. The molecule has 9 atom stereocenters. The Morgan fingerprint density at radius 1 is 0.953 bits per heavy atom. The van der Waals surface area contributed by atoms with Crippen molar-refractivity contribution >= 4 is 28.9 Å². The molecule has 4 aliphatic carbocycles. The molecule has 3 saturated carbocycles. The summed E-state index contributed by atoms with van der Waals surface area (Å²) in [5.41, 5.74) is -5.39. The molecule has 0 heterocycles. The van der Waals surface area contributed by atoms with Gasteiger partial charge in [0.05, 0.1) is 17.6 Å². The van der Waals surface area contributed by atoms with Crippen molar-refractivity contribution in [3.8, 4) is 5.75 Å². The number of hydrogen-bond donors (Lipinski definition) is 3. The van der Waals surface area contributed by atoms with Crippen LogP contribution >= 0.6 is 0 Å². The second-order valence-electron chi connectivity index (χ2n) is 15.0. The van der Waals surface area contributed by atoms with E-state index in [1.807, 2.05) is 13.0 Å². The molecule has 8 heteroatoms. The van der Waals surface area contributed by atoms with E-state index in [1.54, 1.807) is 33.8 Å². The number of carbonyl (C=O) groups excluding carboxylic acids is 5. The molecule has 4 aliphatic rings. The predicted molar refractivity (Wildman–Crippen MR) is 159 cm³/mol. The van der Waals surface area contributed by atoms with Gasteiger partial charge in [-0.05, 0) is 60.5 Å². The van der Waals surface area contributed by atoms with Crippen LogP contribution in [0.3, 0.4) is 0 Å². The zero-order valence-electron chi connectivity index (χ0n) is 26.6. The lowest BCUT2D eigenvalue weighted by Crippen LogP contribution is -2.81.